The van der Waals surface area contributed by atoms with E-state index >= 15 is 0 Å². The Morgan fingerprint density at radius 2 is 1.96 bits per heavy atom. The van der Waals surface area contributed by atoms with Gasteiger partial charge in [0.2, 0.25) is 5.91 Å². The SMILES string of the molecule is COc1ccc(N(CN2CCCC2=O)C(=O)c2ccc(C)c([N+](=O)[O-])c2)cc1. The predicted octanol–water partition coefficient (Wildman–Crippen LogP) is 3.14. The van der Waals surface area contributed by atoms with E-state index in [0.717, 1.165) is 6.42 Å². The summed E-state index contributed by atoms with van der Waals surface area (Å²) in [4.78, 5) is 39.1. The van der Waals surface area contributed by atoms with Crippen molar-refractivity contribution in [2.75, 3.05) is 25.2 Å². The third-order valence-electron chi connectivity index (χ3n) is 4.77. The molecule has 0 aliphatic carbocycles. The molecule has 8 nitrogen and oxygen atoms in total. The lowest BCUT2D eigenvalue weighted by atomic mass is 10.1. The maximum absolute atomic E-state index is 13.2. The average Bonchev–Trinajstić information content (AvgIpc) is 3.10. The Morgan fingerprint density at radius 3 is 2.54 bits per heavy atom. The minimum absolute atomic E-state index is 0.0128. The highest BCUT2D eigenvalue weighted by Gasteiger charge is 2.27. The van der Waals surface area contributed by atoms with Crippen LogP contribution < -0.4 is 9.64 Å². The quantitative estimate of drug-likeness (QED) is 0.564. The Hall–Kier alpha value is -3.42. The Morgan fingerprint density at radius 1 is 1.25 bits per heavy atom. The number of ether oxygens (including phenoxy) is 1. The molecule has 28 heavy (non-hydrogen) atoms. The molecule has 0 spiro atoms. The summed E-state index contributed by atoms with van der Waals surface area (Å²) in [7, 11) is 1.55. The second-order valence-electron chi connectivity index (χ2n) is 6.59. The van der Waals surface area contributed by atoms with Crippen molar-refractivity contribution in [3.05, 3.63) is 63.7 Å². The van der Waals surface area contributed by atoms with Gasteiger partial charge in [-0.3, -0.25) is 24.6 Å². The van der Waals surface area contributed by atoms with Gasteiger partial charge in [-0.05, 0) is 43.7 Å². The van der Waals surface area contributed by atoms with Crippen molar-refractivity contribution in [1.29, 1.82) is 0 Å². The number of nitrogens with zero attached hydrogens (tertiary/aromatic N) is 3. The molecule has 0 unspecified atom stereocenters. The van der Waals surface area contributed by atoms with Crippen molar-refractivity contribution in [1.82, 2.24) is 4.90 Å². The zero-order chi connectivity index (χ0) is 20.3. The van der Waals surface area contributed by atoms with Crippen molar-refractivity contribution in [3.63, 3.8) is 0 Å². The normalized spacial score (nSPS) is 13.5. The van der Waals surface area contributed by atoms with E-state index in [9.17, 15) is 19.7 Å². The molecule has 2 aromatic carbocycles. The van der Waals surface area contributed by atoms with Gasteiger partial charge in [-0.25, -0.2) is 0 Å². The summed E-state index contributed by atoms with van der Waals surface area (Å²) in [6.07, 6.45) is 1.21. The van der Waals surface area contributed by atoms with Crippen LogP contribution in [0.3, 0.4) is 0 Å². The van der Waals surface area contributed by atoms with E-state index in [-0.39, 0.29) is 23.8 Å². The number of aryl methyl sites for hydroxylation is 1. The maximum Gasteiger partial charge on any atom is 0.273 e. The van der Waals surface area contributed by atoms with Gasteiger partial charge in [0.25, 0.3) is 11.6 Å². The van der Waals surface area contributed by atoms with Crippen LogP contribution in [0.5, 0.6) is 5.75 Å². The number of likely N-dealkylation sites (tertiary alicyclic amines) is 1. The van der Waals surface area contributed by atoms with Crippen LogP contribution >= 0.6 is 0 Å². The first-order valence-corrected chi connectivity index (χ1v) is 8.89. The van der Waals surface area contributed by atoms with Gasteiger partial charge >= 0.3 is 0 Å². The minimum atomic E-state index is -0.506. The molecule has 1 saturated heterocycles. The molecule has 2 aromatic rings. The average molecular weight is 383 g/mol. The number of amides is 2. The molecule has 0 atom stereocenters. The summed E-state index contributed by atoms with van der Waals surface area (Å²) in [6.45, 7) is 2.29. The van der Waals surface area contributed by atoms with Crippen LogP contribution in [-0.4, -0.2) is 42.0 Å². The van der Waals surface area contributed by atoms with Gasteiger partial charge in [0.15, 0.2) is 0 Å². The third-order valence-corrected chi connectivity index (χ3v) is 4.77. The number of nitro benzene ring substituents is 1. The fraction of sp³-hybridized carbons (Fsp3) is 0.300. The van der Waals surface area contributed by atoms with Crippen LogP contribution in [0.25, 0.3) is 0 Å². The molecule has 0 saturated carbocycles. The summed E-state index contributed by atoms with van der Waals surface area (Å²) in [5.74, 6) is 0.216. The number of anilines is 1. The number of hydrogen-bond donors (Lipinski definition) is 0. The van der Waals surface area contributed by atoms with Crippen molar-refractivity contribution in [2.24, 2.45) is 0 Å². The largest absolute Gasteiger partial charge is 0.497 e. The number of carbonyl (C=O) groups excluding carboxylic acids is 2. The number of rotatable bonds is 6. The van der Waals surface area contributed by atoms with Gasteiger partial charge in [-0.15, -0.1) is 0 Å². The lowest BCUT2D eigenvalue weighted by Gasteiger charge is -2.28. The van der Waals surface area contributed by atoms with Crippen LogP contribution in [0.1, 0.15) is 28.8 Å². The lowest BCUT2D eigenvalue weighted by Crippen LogP contribution is -2.42. The molecule has 3 rings (SSSR count). The van der Waals surface area contributed by atoms with Crippen molar-refractivity contribution in [3.8, 4) is 5.75 Å². The second-order valence-corrected chi connectivity index (χ2v) is 6.59. The maximum atomic E-state index is 13.2. The number of carbonyl (C=O) groups is 2. The van der Waals surface area contributed by atoms with E-state index in [0.29, 0.717) is 30.0 Å². The molecule has 1 fully saturated rings. The molecule has 0 bridgehead atoms. The van der Waals surface area contributed by atoms with Gasteiger partial charge in [0, 0.05) is 35.8 Å². The molecule has 146 valence electrons. The van der Waals surface area contributed by atoms with Gasteiger partial charge in [-0.2, -0.15) is 0 Å². The smallest absolute Gasteiger partial charge is 0.273 e. The molecule has 0 N–H and O–H groups in total. The zero-order valence-electron chi connectivity index (χ0n) is 15.8. The first kappa shape index (κ1) is 19.3. The highest BCUT2D eigenvalue weighted by molar-refractivity contribution is 6.06. The Balaban J connectivity index is 1.97. The summed E-state index contributed by atoms with van der Waals surface area (Å²) in [5, 5.41) is 11.2. The Bertz CT molecular complexity index is 911. The highest BCUT2D eigenvalue weighted by Crippen LogP contribution is 2.25. The van der Waals surface area contributed by atoms with Crippen LogP contribution in [-0.2, 0) is 4.79 Å². The fourth-order valence-electron chi connectivity index (χ4n) is 3.14. The van der Waals surface area contributed by atoms with Gasteiger partial charge < -0.3 is 9.64 Å². The standard InChI is InChI=1S/C20H21N3O5/c1-14-5-6-15(12-18(14)23(26)27)20(25)22(13-21-11-3-4-19(21)24)16-7-9-17(28-2)10-8-16/h5-10,12H,3-4,11,13H2,1-2H3. The molecule has 1 aliphatic rings. The number of hydrogen-bond acceptors (Lipinski definition) is 5. The molecular weight excluding hydrogens is 362 g/mol. The Labute approximate surface area is 162 Å². The summed E-state index contributed by atoms with van der Waals surface area (Å²) >= 11 is 0. The second kappa shape index (κ2) is 8.08. The molecular formula is C20H21N3O5. The van der Waals surface area contributed by atoms with E-state index in [1.807, 2.05) is 0 Å². The molecule has 0 radical (unpaired) electrons. The van der Waals surface area contributed by atoms with E-state index in [1.54, 1.807) is 55.3 Å². The van der Waals surface area contributed by atoms with E-state index in [4.69, 9.17) is 4.74 Å². The topological polar surface area (TPSA) is 93.0 Å². The molecule has 8 heteroatoms. The number of methoxy groups -OCH3 is 1. The van der Waals surface area contributed by atoms with Crippen molar-refractivity contribution >= 4 is 23.2 Å². The van der Waals surface area contributed by atoms with Gasteiger partial charge in [0.1, 0.15) is 12.4 Å². The van der Waals surface area contributed by atoms with Crippen molar-refractivity contribution < 1.29 is 19.2 Å². The van der Waals surface area contributed by atoms with Gasteiger partial charge in [-0.1, -0.05) is 6.07 Å². The highest BCUT2D eigenvalue weighted by atomic mass is 16.6. The molecule has 1 aliphatic heterocycles. The summed E-state index contributed by atoms with van der Waals surface area (Å²) in [6, 6.07) is 11.3. The van der Waals surface area contributed by atoms with Crippen molar-refractivity contribution in [2.45, 2.75) is 19.8 Å². The van der Waals surface area contributed by atoms with Crippen LogP contribution in [0, 0.1) is 17.0 Å². The minimum Gasteiger partial charge on any atom is -0.497 e. The molecule has 2 amide bonds. The number of benzene rings is 2. The zero-order valence-corrected chi connectivity index (χ0v) is 15.8. The first-order valence-electron chi connectivity index (χ1n) is 8.89. The van der Waals surface area contributed by atoms with Gasteiger partial charge in [0.05, 0.1) is 12.0 Å². The predicted molar refractivity (Wildman–Crippen MR) is 103 cm³/mol. The molecule has 0 aromatic heterocycles. The molecule has 1 heterocycles. The van der Waals surface area contributed by atoms with Crippen LogP contribution in [0.4, 0.5) is 11.4 Å². The summed E-state index contributed by atoms with van der Waals surface area (Å²) < 4.78 is 5.16. The van der Waals surface area contributed by atoms with E-state index < -0.39 is 10.8 Å². The lowest BCUT2D eigenvalue weighted by molar-refractivity contribution is -0.385. The first-order chi connectivity index (χ1) is 13.4. The monoisotopic (exact) mass is 383 g/mol. The van der Waals surface area contributed by atoms with Crippen LogP contribution in [0.2, 0.25) is 0 Å². The third kappa shape index (κ3) is 3.95. The number of nitro groups is 1. The Kier molecular flexibility index (Phi) is 5.58. The summed E-state index contributed by atoms with van der Waals surface area (Å²) in [5.41, 5.74) is 1.14. The fourth-order valence-corrected chi connectivity index (χ4v) is 3.14. The van der Waals surface area contributed by atoms with E-state index in [1.165, 1.54) is 11.0 Å². The van der Waals surface area contributed by atoms with E-state index in [2.05, 4.69) is 0 Å². The van der Waals surface area contributed by atoms with Crippen LogP contribution in [0.15, 0.2) is 42.5 Å².